The summed E-state index contributed by atoms with van der Waals surface area (Å²) in [5.74, 6) is 0. The Morgan fingerprint density at radius 2 is 1.44 bits per heavy atom. The van der Waals surface area contributed by atoms with Crippen molar-refractivity contribution in [2.24, 2.45) is 0 Å². The molecule has 0 bridgehead atoms. The SMILES string of the molecule is CC(C)(C)OC(=O)N(C(=O)OC(C)(C)C)c1ccc(N2CCN(S(C)(=O)=O)CC2)cc1[N+](=O)[O-]. The third-order valence-corrected chi connectivity index (χ3v) is 5.92. The minimum Gasteiger partial charge on any atom is -0.443 e. The van der Waals surface area contributed by atoms with Crippen LogP contribution in [0.5, 0.6) is 0 Å². The van der Waals surface area contributed by atoms with E-state index in [9.17, 15) is 28.1 Å². The van der Waals surface area contributed by atoms with E-state index in [1.54, 1.807) is 46.4 Å². The lowest BCUT2D eigenvalue weighted by Crippen LogP contribution is -2.48. The summed E-state index contributed by atoms with van der Waals surface area (Å²) in [4.78, 5) is 39.3. The minimum atomic E-state index is -3.33. The standard InChI is InChI=1S/C21H32N4O8S/c1-20(2,3)32-18(26)24(19(27)33-21(4,5)6)16-9-8-15(14-17(16)25(28)29)22-10-12-23(13-11-22)34(7,30)31/h8-9,14H,10-13H2,1-7H3. The predicted octanol–water partition coefficient (Wildman–Crippen LogP) is 3.35. The normalized spacial score (nSPS) is 15.6. The molecule has 2 rings (SSSR count). The van der Waals surface area contributed by atoms with E-state index in [4.69, 9.17) is 9.47 Å². The van der Waals surface area contributed by atoms with Gasteiger partial charge in [-0.25, -0.2) is 18.0 Å². The first-order valence-electron chi connectivity index (χ1n) is 10.6. The molecule has 1 fully saturated rings. The maximum atomic E-state index is 12.9. The van der Waals surface area contributed by atoms with E-state index in [-0.39, 0.29) is 18.8 Å². The summed E-state index contributed by atoms with van der Waals surface area (Å²) in [6.07, 6.45) is -1.09. The number of amides is 2. The number of benzene rings is 1. The molecule has 1 aromatic rings. The second kappa shape index (κ2) is 9.74. The minimum absolute atomic E-state index is 0.232. The number of ether oxygens (including phenoxy) is 2. The van der Waals surface area contributed by atoms with Crippen molar-refractivity contribution in [2.75, 3.05) is 42.2 Å². The largest absolute Gasteiger partial charge is 0.443 e. The van der Waals surface area contributed by atoms with Crippen molar-refractivity contribution in [3.05, 3.63) is 28.3 Å². The van der Waals surface area contributed by atoms with E-state index in [2.05, 4.69) is 0 Å². The highest BCUT2D eigenvalue weighted by Gasteiger charge is 2.37. The van der Waals surface area contributed by atoms with Gasteiger partial charge in [0.25, 0.3) is 5.69 Å². The topological polar surface area (TPSA) is 140 Å². The maximum absolute atomic E-state index is 12.9. The highest BCUT2D eigenvalue weighted by atomic mass is 32.2. The molecule has 1 aliphatic rings. The molecule has 0 aliphatic carbocycles. The molecule has 0 spiro atoms. The van der Waals surface area contributed by atoms with E-state index in [0.29, 0.717) is 23.7 Å². The summed E-state index contributed by atoms with van der Waals surface area (Å²) < 4.78 is 35.4. The molecule has 0 N–H and O–H groups in total. The molecule has 0 saturated carbocycles. The number of nitro benzene ring substituents is 1. The monoisotopic (exact) mass is 500 g/mol. The number of rotatable bonds is 4. The predicted molar refractivity (Wildman–Crippen MR) is 127 cm³/mol. The number of nitrogens with zero attached hydrogens (tertiary/aromatic N) is 4. The van der Waals surface area contributed by atoms with Crippen molar-refractivity contribution < 1.29 is 32.4 Å². The number of piperazine rings is 1. The molecule has 1 saturated heterocycles. The van der Waals surface area contributed by atoms with Gasteiger partial charge in [-0.05, 0) is 53.7 Å². The third-order valence-electron chi connectivity index (χ3n) is 4.62. The number of sulfonamides is 1. The Morgan fingerprint density at radius 3 is 1.82 bits per heavy atom. The molecule has 12 nitrogen and oxygen atoms in total. The lowest BCUT2D eigenvalue weighted by Gasteiger charge is -2.35. The Kier molecular flexibility index (Phi) is 7.83. The van der Waals surface area contributed by atoms with Crippen molar-refractivity contribution in [1.29, 1.82) is 0 Å². The zero-order chi connectivity index (χ0) is 26.1. The van der Waals surface area contributed by atoms with Gasteiger partial charge in [-0.15, -0.1) is 0 Å². The van der Waals surface area contributed by atoms with Gasteiger partial charge in [0.2, 0.25) is 10.0 Å². The van der Waals surface area contributed by atoms with Crippen LogP contribution in [-0.4, -0.2) is 73.5 Å². The van der Waals surface area contributed by atoms with Crippen LogP contribution in [0.25, 0.3) is 0 Å². The number of anilines is 2. The zero-order valence-corrected chi connectivity index (χ0v) is 21.3. The molecule has 13 heteroatoms. The second-order valence-corrected chi connectivity index (χ2v) is 11.9. The van der Waals surface area contributed by atoms with Gasteiger partial charge in [0, 0.05) is 37.9 Å². The van der Waals surface area contributed by atoms with E-state index >= 15 is 0 Å². The fourth-order valence-electron chi connectivity index (χ4n) is 3.21. The van der Waals surface area contributed by atoms with Crippen LogP contribution in [0, 0.1) is 10.1 Å². The second-order valence-electron chi connectivity index (χ2n) is 9.88. The number of carbonyl (C=O) groups excluding carboxylic acids is 2. The molecule has 0 unspecified atom stereocenters. The fourth-order valence-corrected chi connectivity index (χ4v) is 4.03. The van der Waals surface area contributed by atoms with Crippen LogP contribution in [0.1, 0.15) is 41.5 Å². The molecule has 190 valence electrons. The lowest BCUT2D eigenvalue weighted by molar-refractivity contribution is -0.384. The van der Waals surface area contributed by atoms with Crippen LogP contribution in [0.15, 0.2) is 18.2 Å². The average Bonchev–Trinajstić information content (AvgIpc) is 2.64. The van der Waals surface area contributed by atoms with Gasteiger partial charge in [-0.2, -0.15) is 9.21 Å². The highest BCUT2D eigenvalue weighted by molar-refractivity contribution is 7.88. The van der Waals surface area contributed by atoms with Crippen molar-refractivity contribution in [3.8, 4) is 0 Å². The molecule has 1 aromatic carbocycles. The summed E-state index contributed by atoms with van der Waals surface area (Å²) in [5.41, 5.74) is -2.28. The first-order chi connectivity index (χ1) is 15.4. The number of carbonyl (C=O) groups is 2. The van der Waals surface area contributed by atoms with Crippen LogP contribution in [0.2, 0.25) is 0 Å². The van der Waals surface area contributed by atoms with Gasteiger partial charge < -0.3 is 14.4 Å². The van der Waals surface area contributed by atoms with E-state index in [0.717, 1.165) is 6.26 Å². The first kappa shape index (κ1) is 27.3. The summed E-state index contributed by atoms with van der Waals surface area (Å²) >= 11 is 0. The highest BCUT2D eigenvalue weighted by Crippen LogP contribution is 2.35. The summed E-state index contributed by atoms with van der Waals surface area (Å²) in [5, 5.41) is 11.9. The van der Waals surface area contributed by atoms with Crippen LogP contribution >= 0.6 is 0 Å². The fraction of sp³-hybridized carbons (Fsp3) is 0.619. The van der Waals surface area contributed by atoms with Gasteiger partial charge in [0.1, 0.15) is 16.9 Å². The van der Waals surface area contributed by atoms with Gasteiger partial charge in [0.05, 0.1) is 11.2 Å². The van der Waals surface area contributed by atoms with E-state index in [1.165, 1.54) is 22.5 Å². The van der Waals surface area contributed by atoms with Crippen molar-refractivity contribution in [3.63, 3.8) is 0 Å². The van der Waals surface area contributed by atoms with Gasteiger partial charge in [-0.3, -0.25) is 10.1 Å². The Morgan fingerprint density at radius 1 is 0.971 bits per heavy atom. The Hall–Kier alpha value is -2.93. The number of nitro groups is 1. The van der Waals surface area contributed by atoms with Crippen LogP contribution < -0.4 is 9.80 Å². The molecule has 34 heavy (non-hydrogen) atoms. The molecule has 0 atom stereocenters. The van der Waals surface area contributed by atoms with Crippen LogP contribution in [-0.2, 0) is 19.5 Å². The molecular formula is C21H32N4O8S. The number of imide groups is 1. The molecule has 2 amide bonds. The molecular weight excluding hydrogens is 468 g/mol. The molecule has 1 aliphatic heterocycles. The van der Waals surface area contributed by atoms with Crippen LogP contribution in [0.3, 0.4) is 0 Å². The summed E-state index contributed by atoms with van der Waals surface area (Å²) in [6, 6.07) is 4.05. The van der Waals surface area contributed by atoms with Crippen LogP contribution in [0.4, 0.5) is 26.7 Å². The third kappa shape index (κ3) is 7.29. The van der Waals surface area contributed by atoms with E-state index < -0.39 is 44.0 Å². The summed E-state index contributed by atoms with van der Waals surface area (Å²) in [6.45, 7) is 10.7. The Balaban J connectivity index is 2.45. The van der Waals surface area contributed by atoms with Gasteiger partial charge in [-0.1, -0.05) is 0 Å². The lowest BCUT2D eigenvalue weighted by atomic mass is 10.2. The molecule has 0 aromatic heterocycles. The van der Waals surface area contributed by atoms with Crippen molar-refractivity contribution in [1.82, 2.24) is 4.31 Å². The zero-order valence-electron chi connectivity index (χ0n) is 20.5. The van der Waals surface area contributed by atoms with Crippen molar-refractivity contribution >= 4 is 39.3 Å². The Labute approximate surface area is 199 Å². The maximum Gasteiger partial charge on any atom is 0.424 e. The number of hydrogen-bond donors (Lipinski definition) is 0. The number of hydrogen-bond acceptors (Lipinski definition) is 9. The quantitative estimate of drug-likeness (QED) is 0.449. The Bertz CT molecular complexity index is 1020. The van der Waals surface area contributed by atoms with Gasteiger partial charge in [0.15, 0.2) is 0 Å². The van der Waals surface area contributed by atoms with E-state index in [1.807, 2.05) is 0 Å². The first-order valence-corrected chi connectivity index (χ1v) is 12.5. The average molecular weight is 501 g/mol. The molecule has 0 radical (unpaired) electrons. The summed E-state index contributed by atoms with van der Waals surface area (Å²) in [7, 11) is -3.33. The smallest absolute Gasteiger partial charge is 0.424 e. The van der Waals surface area contributed by atoms with Gasteiger partial charge >= 0.3 is 12.2 Å². The molecule has 1 heterocycles. The van der Waals surface area contributed by atoms with Crippen molar-refractivity contribution in [2.45, 2.75) is 52.7 Å².